The highest BCUT2D eigenvalue weighted by molar-refractivity contribution is 7.85. The Morgan fingerprint density at radius 1 is 1.03 bits per heavy atom. The van der Waals surface area contributed by atoms with Crippen molar-refractivity contribution >= 4 is 22.0 Å². The van der Waals surface area contributed by atoms with Crippen LogP contribution in [0.5, 0.6) is 0 Å². The number of rotatable bonds is 10. The minimum atomic E-state index is -4.33. The zero-order valence-electron chi connectivity index (χ0n) is 16.2. The molecule has 3 N–H and O–H groups in total. The van der Waals surface area contributed by atoms with Crippen LogP contribution >= 0.6 is 0 Å². The Hall–Kier alpha value is -2.71. The van der Waals surface area contributed by atoms with Crippen molar-refractivity contribution in [3.05, 3.63) is 59.7 Å². The summed E-state index contributed by atoms with van der Waals surface area (Å²) in [6.07, 6.45) is 2.45. The predicted octanol–water partition coefficient (Wildman–Crippen LogP) is 3.16. The van der Waals surface area contributed by atoms with E-state index < -0.39 is 40.2 Å². The van der Waals surface area contributed by atoms with Crippen LogP contribution in [0, 0.1) is 0 Å². The summed E-state index contributed by atoms with van der Waals surface area (Å²) in [5.41, 5.74) is 2.97. The largest absolute Gasteiger partial charge is 0.480 e. The second kappa shape index (κ2) is 10.2. The van der Waals surface area contributed by atoms with Crippen molar-refractivity contribution in [1.82, 2.24) is 5.32 Å². The number of carbonyl (C=O) groups excluding carboxylic acids is 1. The molecule has 0 fully saturated rings. The highest BCUT2D eigenvalue weighted by Crippen LogP contribution is 2.28. The smallest absolute Gasteiger partial charge is 0.326 e. The van der Waals surface area contributed by atoms with Gasteiger partial charge in [-0.1, -0.05) is 55.8 Å². The summed E-state index contributed by atoms with van der Waals surface area (Å²) in [6, 6.07) is 13.2. The minimum Gasteiger partial charge on any atom is -0.480 e. The Kier molecular flexibility index (Phi) is 7.92. The number of aryl methyl sites for hydroxylation is 1. The van der Waals surface area contributed by atoms with E-state index in [1.54, 1.807) is 24.3 Å². The molecule has 0 unspecified atom stereocenters. The van der Waals surface area contributed by atoms with Crippen molar-refractivity contribution in [2.24, 2.45) is 0 Å². The first kappa shape index (κ1) is 22.6. The topological polar surface area (TPSA) is 121 Å². The second-order valence-corrected chi connectivity index (χ2v) is 8.32. The van der Waals surface area contributed by atoms with Crippen LogP contribution < -0.4 is 5.32 Å². The summed E-state index contributed by atoms with van der Waals surface area (Å²) >= 11 is 0. The maximum Gasteiger partial charge on any atom is 0.326 e. The van der Waals surface area contributed by atoms with E-state index in [1.165, 1.54) is 0 Å². The summed E-state index contributed by atoms with van der Waals surface area (Å²) in [6.45, 7) is 2.10. The van der Waals surface area contributed by atoms with E-state index in [-0.39, 0.29) is 0 Å². The zero-order valence-corrected chi connectivity index (χ0v) is 17.0. The third kappa shape index (κ3) is 6.69. The molecule has 0 aliphatic carbocycles. The summed E-state index contributed by atoms with van der Waals surface area (Å²) in [4.78, 5) is 24.2. The number of unbranched alkanes of at least 4 members (excludes halogenated alkanes) is 1. The first-order chi connectivity index (χ1) is 13.7. The highest BCUT2D eigenvalue weighted by atomic mass is 32.2. The van der Waals surface area contributed by atoms with Crippen molar-refractivity contribution < 1.29 is 27.7 Å². The Balaban J connectivity index is 2.32. The second-order valence-electron chi connectivity index (χ2n) is 6.75. The molecule has 1 atom stereocenters. The predicted molar refractivity (Wildman–Crippen MR) is 110 cm³/mol. The van der Waals surface area contributed by atoms with E-state index in [9.17, 15) is 23.1 Å². The molecule has 0 aliphatic rings. The number of nitrogens with one attached hydrogen (secondary N) is 1. The fourth-order valence-electron chi connectivity index (χ4n) is 3.04. The van der Waals surface area contributed by atoms with Crippen LogP contribution in [0.15, 0.2) is 48.5 Å². The van der Waals surface area contributed by atoms with E-state index in [0.717, 1.165) is 30.4 Å². The molecule has 0 saturated carbocycles. The lowest BCUT2D eigenvalue weighted by Crippen LogP contribution is -2.42. The number of hydrogen-bond donors (Lipinski definition) is 3. The van der Waals surface area contributed by atoms with Crippen LogP contribution in [0.1, 0.15) is 42.1 Å². The molecule has 29 heavy (non-hydrogen) atoms. The van der Waals surface area contributed by atoms with Gasteiger partial charge in [-0.05, 0) is 42.0 Å². The van der Waals surface area contributed by atoms with Crippen molar-refractivity contribution in [1.29, 1.82) is 0 Å². The third-order valence-corrected chi connectivity index (χ3v) is 5.30. The Morgan fingerprint density at radius 3 is 2.28 bits per heavy atom. The molecule has 0 spiro atoms. The molecular weight excluding hydrogens is 394 g/mol. The van der Waals surface area contributed by atoms with Gasteiger partial charge in [0.2, 0.25) is 0 Å². The monoisotopic (exact) mass is 419 g/mol. The van der Waals surface area contributed by atoms with Gasteiger partial charge in [-0.3, -0.25) is 9.35 Å². The molecule has 2 aromatic rings. The van der Waals surface area contributed by atoms with E-state index in [2.05, 4.69) is 12.2 Å². The number of carboxylic acids is 1. The van der Waals surface area contributed by atoms with Gasteiger partial charge in [0.1, 0.15) is 6.04 Å². The molecule has 0 aliphatic heterocycles. The molecule has 2 rings (SSSR count). The van der Waals surface area contributed by atoms with Crippen LogP contribution in [-0.2, 0) is 21.3 Å². The average molecular weight is 419 g/mol. The fraction of sp³-hybridized carbons (Fsp3) is 0.333. The summed E-state index contributed by atoms with van der Waals surface area (Å²) in [5.74, 6) is -2.75. The third-order valence-electron chi connectivity index (χ3n) is 4.55. The normalized spacial score (nSPS) is 12.3. The van der Waals surface area contributed by atoms with Crippen LogP contribution in [0.2, 0.25) is 0 Å². The number of amides is 1. The summed E-state index contributed by atoms with van der Waals surface area (Å²) < 4.78 is 30.7. The summed E-state index contributed by atoms with van der Waals surface area (Å²) in [7, 11) is -4.33. The van der Waals surface area contributed by atoms with Gasteiger partial charge in [0.25, 0.3) is 16.0 Å². The van der Waals surface area contributed by atoms with Crippen molar-refractivity contribution in [2.75, 3.05) is 5.75 Å². The van der Waals surface area contributed by atoms with Gasteiger partial charge in [0, 0.05) is 5.56 Å². The molecule has 0 heterocycles. The van der Waals surface area contributed by atoms with E-state index in [4.69, 9.17) is 4.55 Å². The van der Waals surface area contributed by atoms with Crippen LogP contribution in [-0.4, -0.2) is 41.7 Å². The van der Waals surface area contributed by atoms with E-state index in [1.807, 2.05) is 24.3 Å². The molecule has 0 aromatic heterocycles. The lowest BCUT2D eigenvalue weighted by atomic mass is 9.92. The summed E-state index contributed by atoms with van der Waals surface area (Å²) in [5, 5.41) is 11.7. The first-order valence-electron chi connectivity index (χ1n) is 9.39. The van der Waals surface area contributed by atoms with Gasteiger partial charge in [-0.15, -0.1) is 0 Å². The Morgan fingerprint density at radius 2 is 1.66 bits per heavy atom. The highest BCUT2D eigenvalue weighted by Gasteiger charge is 2.24. The van der Waals surface area contributed by atoms with E-state index in [0.29, 0.717) is 11.1 Å². The molecular formula is C21H25NO6S. The van der Waals surface area contributed by atoms with Crippen LogP contribution in [0.3, 0.4) is 0 Å². The van der Waals surface area contributed by atoms with Gasteiger partial charge in [0.15, 0.2) is 0 Å². The number of benzene rings is 2. The standard InChI is InChI=1S/C21H25NO6S/c1-2-3-8-15-9-4-5-10-16(15)17-11-6-7-12-18(17)20(23)22-19(21(24)25)13-14-29(26,27)28/h4-7,9-12,19H,2-3,8,13-14H2,1H3,(H,22,23)(H,24,25)(H,26,27,28)/t19-/m0/s1. The quantitative estimate of drug-likeness (QED) is 0.509. The first-order valence-corrected chi connectivity index (χ1v) is 11.0. The number of carboxylic acid groups (broad SMARTS) is 1. The van der Waals surface area contributed by atoms with Crippen molar-refractivity contribution in [3.63, 3.8) is 0 Å². The maximum absolute atomic E-state index is 12.8. The van der Waals surface area contributed by atoms with Crippen LogP contribution in [0.4, 0.5) is 0 Å². The Bertz CT molecular complexity index is 971. The number of carbonyl (C=O) groups is 2. The van der Waals surface area contributed by atoms with Gasteiger partial charge in [0.05, 0.1) is 5.75 Å². The van der Waals surface area contributed by atoms with Crippen LogP contribution in [0.25, 0.3) is 11.1 Å². The number of aliphatic carboxylic acids is 1. The molecule has 8 heteroatoms. The molecule has 0 saturated heterocycles. The SMILES string of the molecule is CCCCc1ccccc1-c1ccccc1C(=O)N[C@@H](CCS(=O)(=O)O)C(=O)O. The molecule has 2 aromatic carbocycles. The van der Waals surface area contributed by atoms with Crippen molar-refractivity contribution in [2.45, 2.75) is 38.6 Å². The molecule has 0 radical (unpaired) electrons. The molecule has 1 amide bonds. The molecule has 0 bridgehead atoms. The molecule has 156 valence electrons. The van der Waals surface area contributed by atoms with Crippen molar-refractivity contribution in [3.8, 4) is 11.1 Å². The van der Waals surface area contributed by atoms with Gasteiger partial charge < -0.3 is 10.4 Å². The maximum atomic E-state index is 12.8. The Labute approximate surface area is 170 Å². The lowest BCUT2D eigenvalue weighted by molar-refractivity contribution is -0.139. The molecule has 7 nitrogen and oxygen atoms in total. The van der Waals surface area contributed by atoms with E-state index >= 15 is 0 Å². The zero-order chi connectivity index (χ0) is 21.4. The van der Waals surface area contributed by atoms with Gasteiger partial charge in [-0.25, -0.2) is 4.79 Å². The number of hydrogen-bond acceptors (Lipinski definition) is 4. The fourth-order valence-corrected chi connectivity index (χ4v) is 3.58. The lowest BCUT2D eigenvalue weighted by Gasteiger charge is -2.17. The minimum absolute atomic E-state index is 0.301. The van der Waals surface area contributed by atoms with Gasteiger partial charge >= 0.3 is 5.97 Å². The van der Waals surface area contributed by atoms with Gasteiger partial charge in [-0.2, -0.15) is 8.42 Å². The average Bonchev–Trinajstić information content (AvgIpc) is 2.68.